The monoisotopic (exact) mass is 255 g/mol. The average Bonchev–Trinajstić information content (AvgIpc) is 2.28. The molecule has 3 nitrogen and oxygen atoms in total. The molecule has 0 amide bonds. The second-order valence-corrected chi connectivity index (χ2v) is 5.63. The van der Waals surface area contributed by atoms with Gasteiger partial charge < -0.3 is 5.32 Å². The number of nitrogens with zero attached hydrogens (tertiary/aromatic N) is 2. The van der Waals surface area contributed by atoms with Crippen LogP contribution in [0.2, 0.25) is 0 Å². The highest BCUT2D eigenvalue weighted by molar-refractivity contribution is 6.17. The number of aromatic nitrogens is 2. The normalized spacial score (nSPS) is 11.6. The maximum Gasteiger partial charge on any atom is 0.147 e. The van der Waals surface area contributed by atoms with E-state index in [0.29, 0.717) is 0 Å². The van der Waals surface area contributed by atoms with Crippen molar-refractivity contribution in [2.24, 2.45) is 5.41 Å². The lowest BCUT2D eigenvalue weighted by atomic mass is 9.88. The van der Waals surface area contributed by atoms with Gasteiger partial charge in [-0.3, -0.25) is 4.98 Å². The Bertz CT molecular complexity index is 364. The van der Waals surface area contributed by atoms with Crippen LogP contribution in [-0.2, 0) is 0 Å². The Morgan fingerprint density at radius 2 is 2.06 bits per heavy atom. The lowest BCUT2D eigenvalue weighted by Crippen LogP contribution is -2.24. The quantitative estimate of drug-likeness (QED) is 0.790. The minimum atomic E-state index is 0.229. The van der Waals surface area contributed by atoms with Crippen LogP contribution in [0.15, 0.2) is 6.20 Å². The zero-order valence-corrected chi connectivity index (χ0v) is 11.9. The van der Waals surface area contributed by atoms with Gasteiger partial charge in [0.1, 0.15) is 5.82 Å². The summed E-state index contributed by atoms with van der Waals surface area (Å²) in [6, 6.07) is 0. The molecule has 0 aliphatic rings. The van der Waals surface area contributed by atoms with Crippen LogP contribution in [0.3, 0.4) is 0 Å². The fourth-order valence-electron chi connectivity index (χ4n) is 1.66. The molecule has 0 unspecified atom stereocenters. The van der Waals surface area contributed by atoms with Crippen LogP contribution in [-0.4, -0.2) is 22.4 Å². The van der Waals surface area contributed by atoms with Crippen molar-refractivity contribution < 1.29 is 0 Å². The van der Waals surface area contributed by atoms with Crippen molar-refractivity contribution in [1.29, 1.82) is 0 Å². The Labute approximate surface area is 109 Å². The number of anilines is 1. The van der Waals surface area contributed by atoms with Gasteiger partial charge >= 0.3 is 0 Å². The predicted octanol–water partition coefficient (Wildman–Crippen LogP) is 3.55. The van der Waals surface area contributed by atoms with Crippen LogP contribution in [0.5, 0.6) is 0 Å². The Balaban J connectivity index is 2.57. The molecular formula is C13H22ClN3. The van der Waals surface area contributed by atoms with Gasteiger partial charge in [-0.1, -0.05) is 13.8 Å². The number of rotatable bonds is 6. The first-order chi connectivity index (χ1) is 7.94. The standard InChI is InChI=1S/C13H22ClN3/c1-10-8-15-11(2)12(17-10)16-9-13(3,4)6-5-7-14/h8H,5-7,9H2,1-4H3,(H,16,17). The molecule has 1 rings (SSSR count). The van der Waals surface area contributed by atoms with Gasteiger partial charge in [0.05, 0.1) is 11.4 Å². The summed E-state index contributed by atoms with van der Waals surface area (Å²) in [5.41, 5.74) is 2.12. The number of aryl methyl sites for hydroxylation is 2. The van der Waals surface area contributed by atoms with Crippen molar-refractivity contribution >= 4 is 17.4 Å². The molecule has 0 aliphatic carbocycles. The molecule has 0 aliphatic heterocycles. The molecule has 1 N–H and O–H groups in total. The summed E-state index contributed by atoms with van der Waals surface area (Å²) < 4.78 is 0. The number of halogens is 1. The van der Waals surface area contributed by atoms with Crippen LogP contribution < -0.4 is 5.32 Å². The average molecular weight is 256 g/mol. The molecule has 0 spiro atoms. The topological polar surface area (TPSA) is 37.8 Å². The first-order valence-electron chi connectivity index (χ1n) is 6.05. The summed E-state index contributed by atoms with van der Waals surface area (Å²) in [6.45, 7) is 9.30. The first-order valence-corrected chi connectivity index (χ1v) is 6.58. The van der Waals surface area contributed by atoms with Crippen molar-refractivity contribution in [2.45, 2.75) is 40.5 Å². The Morgan fingerprint density at radius 1 is 1.35 bits per heavy atom. The summed E-state index contributed by atoms with van der Waals surface area (Å²) in [4.78, 5) is 8.75. The molecule has 17 heavy (non-hydrogen) atoms. The Morgan fingerprint density at radius 3 is 2.71 bits per heavy atom. The minimum Gasteiger partial charge on any atom is -0.368 e. The van der Waals surface area contributed by atoms with Crippen LogP contribution in [0.1, 0.15) is 38.1 Å². The van der Waals surface area contributed by atoms with Gasteiger partial charge in [0.2, 0.25) is 0 Å². The lowest BCUT2D eigenvalue weighted by molar-refractivity contribution is 0.355. The van der Waals surface area contributed by atoms with Gasteiger partial charge in [-0.15, -0.1) is 11.6 Å². The van der Waals surface area contributed by atoms with Gasteiger partial charge in [-0.05, 0) is 32.1 Å². The maximum absolute atomic E-state index is 5.73. The number of hydrogen-bond acceptors (Lipinski definition) is 3. The maximum atomic E-state index is 5.73. The zero-order chi connectivity index (χ0) is 12.9. The molecule has 0 aromatic carbocycles. The van der Waals surface area contributed by atoms with Crippen molar-refractivity contribution in [3.05, 3.63) is 17.6 Å². The summed E-state index contributed by atoms with van der Waals surface area (Å²) in [5.74, 6) is 1.62. The summed E-state index contributed by atoms with van der Waals surface area (Å²) in [7, 11) is 0. The van der Waals surface area contributed by atoms with E-state index in [-0.39, 0.29) is 5.41 Å². The molecule has 1 aromatic heterocycles. The summed E-state index contributed by atoms with van der Waals surface area (Å²) >= 11 is 5.73. The third kappa shape index (κ3) is 4.90. The summed E-state index contributed by atoms with van der Waals surface area (Å²) in [5, 5.41) is 3.39. The molecular weight excluding hydrogens is 234 g/mol. The Kier molecular flexibility index (Phi) is 5.19. The van der Waals surface area contributed by atoms with Gasteiger partial charge in [0, 0.05) is 18.6 Å². The molecule has 1 aromatic rings. The van der Waals surface area contributed by atoms with Gasteiger partial charge in [0.25, 0.3) is 0 Å². The van der Waals surface area contributed by atoms with E-state index in [0.717, 1.165) is 42.5 Å². The molecule has 0 saturated heterocycles. The van der Waals surface area contributed by atoms with Crippen molar-refractivity contribution in [3.8, 4) is 0 Å². The van der Waals surface area contributed by atoms with E-state index >= 15 is 0 Å². The van der Waals surface area contributed by atoms with Gasteiger partial charge in [-0.25, -0.2) is 4.98 Å². The highest BCUT2D eigenvalue weighted by atomic mass is 35.5. The molecule has 0 saturated carbocycles. The molecule has 96 valence electrons. The first kappa shape index (κ1) is 14.2. The van der Waals surface area contributed by atoms with E-state index in [2.05, 4.69) is 29.1 Å². The van der Waals surface area contributed by atoms with Crippen LogP contribution in [0.4, 0.5) is 5.82 Å². The van der Waals surface area contributed by atoms with Gasteiger partial charge in [-0.2, -0.15) is 0 Å². The molecule has 1 heterocycles. The van der Waals surface area contributed by atoms with E-state index < -0.39 is 0 Å². The predicted molar refractivity (Wildman–Crippen MR) is 73.7 cm³/mol. The SMILES string of the molecule is Cc1cnc(C)c(NCC(C)(C)CCCCl)n1. The minimum absolute atomic E-state index is 0.229. The fraction of sp³-hybridized carbons (Fsp3) is 0.692. The van der Waals surface area contributed by atoms with E-state index in [4.69, 9.17) is 11.6 Å². The van der Waals surface area contributed by atoms with Gasteiger partial charge in [0.15, 0.2) is 0 Å². The fourth-order valence-corrected chi connectivity index (χ4v) is 1.80. The van der Waals surface area contributed by atoms with Crippen LogP contribution >= 0.6 is 11.6 Å². The second kappa shape index (κ2) is 6.20. The number of hydrogen-bond donors (Lipinski definition) is 1. The third-order valence-electron chi connectivity index (χ3n) is 2.80. The number of nitrogens with one attached hydrogen (secondary N) is 1. The van der Waals surface area contributed by atoms with Crippen molar-refractivity contribution in [1.82, 2.24) is 9.97 Å². The van der Waals surface area contributed by atoms with E-state index in [1.165, 1.54) is 0 Å². The third-order valence-corrected chi connectivity index (χ3v) is 3.06. The Hall–Kier alpha value is -0.830. The largest absolute Gasteiger partial charge is 0.368 e. The summed E-state index contributed by atoms with van der Waals surface area (Å²) in [6.07, 6.45) is 3.95. The molecule has 0 radical (unpaired) electrons. The lowest BCUT2D eigenvalue weighted by Gasteiger charge is -2.25. The number of alkyl halides is 1. The van der Waals surface area contributed by atoms with Crippen molar-refractivity contribution in [3.63, 3.8) is 0 Å². The van der Waals surface area contributed by atoms with Crippen molar-refractivity contribution in [2.75, 3.05) is 17.7 Å². The van der Waals surface area contributed by atoms with E-state index in [9.17, 15) is 0 Å². The molecule has 0 atom stereocenters. The molecule has 4 heteroatoms. The highest BCUT2D eigenvalue weighted by Gasteiger charge is 2.17. The smallest absolute Gasteiger partial charge is 0.147 e. The van der Waals surface area contributed by atoms with Crippen LogP contribution in [0.25, 0.3) is 0 Å². The highest BCUT2D eigenvalue weighted by Crippen LogP contribution is 2.23. The van der Waals surface area contributed by atoms with E-state index in [1.807, 2.05) is 13.8 Å². The van der Waals surface area contributed by atoms with E-state index in [1.54, 1.807) is 6.20 Å². The molecule has 0 bridgehead atoms. The zero-order valence-electron chi connectivity index (χ0n) is 11.2. The molecule has 0 fully saturated rings. The van der Waals surface area contributed by atoms with Crippen LogP contribution in [0, 0.1) is 19.3 Å². The second-order valence-electron chi connectivity index (χ2n) is 5.26.